The highest BCUT2D eigenvalue weighted by molar-refractivity contribution is 5.90. The van der Waals surface area contributed by atoms with Gasteiger partial charge in [0.2, 0.25) is 5.95 Å². The standard InChI is InChI=1S/C24H40N8/c1-19(17-31-13-9-29(3)10-14-31)25-23-21-7-5-6-8-22(21)27-24(28-23)26-20(2)18-32-15-11-30(4)12-16-32/h5-8,19-20H,9-18H2,1-4H3,(H2,25,26,27,28). The minimum atomic E-state index is 0.287. The van der Waals surface area contributed by atoms with Crippen LogP contribution in [0, 0.1) is 0 Å². The molecule has 2 unspecified atom stereocenters. The fraction of sp³-hybridized carbons (Fsp3) is 0.667. The lowest BCUT2D eigenvalue weighted by Gasteiger charge is -2.34. The molecule has 32 heavy (non-hydrogen) atoms. The molecule has 2 aromatic rings. The minimum Gasteiger partial charge on any atom is -0.366 e. The third kappa shape index (κ3) is 6.28. The number of likely N-dealkylation sites (N-methyl/N-ethyl adjacent to an activating group) is 2. The molecule has 2 N–H and O–H groups in total. The predicted molar refractivity (Wildman–Crippen MR) is 134 cm³/mol. The first-order valence-electron chi connectivity index (χ1n) is 12.1. The summed E-state index contributed by atoms with van der Waals surface area (Å²) in [7, 11) is 4.40. The molecule has 176 valence electrons. The summed E-state index contributed by atoms with van der Waals surface area (Å²) in [4.78, 5) is 19.6. The monoisotopic (exact) mass is 440 g/mol. The summed E-state index contributed by atoms with van der Waals surface area (Å²) in [5.74, 6) is 1.63. The van der Waals surface area contributed by atoms with E-state index in [2.05, 4.69) is 76.4 Å². The third-order valence-electron chi connectivity index (χ3n) is 6.62. The molecule has 0 aliphatic carbocycles. The summed E-state index contributed by atoms with van der Waals surface area (Å²) in [6.07, 6.45) is 0. The Morgan fingerprint density at radius 3 is 1.88 bits per heavy atom. The normalized spacial score (nSPS) is 21.5. The first-order valence-corrected chi connectivity index (χ1v) is 12.1. The Balaban J connectivity index is 1.41. The maximum Gasteiger partial charge on any atom is 0.225 e. The van der Waals surface area contributed by atoms with E-state index in [4.69, 9.17) is 9.97 Å². The molecule has 2 aliphatic heterocycles. The smallest absolute Gasteiger partial charge is 0.225 e. The van der Waals surface area contributed by atoms with Gasteiger partial charge in [-0.3, -0.25) is 9.80 Å². The number of fused-ring (bicyclic) bond motifs is 1. The second-order valence-electron chi connectivity index (χ2n) is 9.71. The summed E-state index contributed by atoms with van der Waals surface area (Å²) in [6.45, 7) is 15.6. The van der Waals surface area contributed by atoms with Gasteiger partial charge in [-0.1, -0.05) is 12.1 Å². The molecule has 0 radical (unpaired) electrons. The fourth-order valence-corrected chi connectivity index (χ4v) is 4.63. The van der Waals surface area contributed by atoms with Crippen LogP contribution in [-0.4, -0.2) is 121 Å². The number of piperazine rings is 2. The molecule has 2 fully saturated rings. The van der Waals surface area contributed by atoms with E-state index in [1.807, 2.05) is 6.07 Å². The lowest BCUT2D eigenvalue weighted by molar-refractivity contribution is 0.151. The number of benzene rings is 1. The number of aromatic nitrogens is 2. The number of hydrogen-bond acceptors (Lipinski definition) is 8. The highest BCUT2D eigenvalue weighted by Gasteiger charge is 2.19. The second-order valence-corrected chi connectivity index (χ2v) is 9.71. The summed E-state index contributed by atoms with van der Waals surface area (Å²) in [6, 6.07) is 8.89. The van der Waals surface area contributed by atoms with Crippen LogP contribution in [0.4, 0.5) is 11.8 Å². The highest BCUT2D eigenvalue weighted by Crippen LogP contribution is 2.23. The Labute approximate surface area is 193 Å². The van der Waals surface area contributed by atoms with Crippen LogP contribution in [0.15, 0.2) is 24.3 Å². The van der Waals surface area contributed by atoms with Gasteiger partial charge in [-0.2, -0.15) is 4.98 Å². The van der Waals surface area contributed by atoms with Crippen molar-refractivity contribution in [1.29, 1.82) is 0 Å². The number of rotatable bonds is 8. The minimum absolute atomic E-state index is 0.287. The molecule has 3 heterocycles. The second kappa shape index (κ2) is 10.7. The molecule has 4 rings (SSSR count). The Morgan fingerprint density at radius 2 is 1.28 bits per heavy atom. The van der Waals surface area contributed by atoms with Crippen molar-refractivity contribution in [1.82, 2.24) is 29.6 Å². The van der Waals surface area contributed by atoms with Crippen LogP contribution in [0.3, 0.4) is 0 Å². The average molecular weight is 441 g/mol. The zero-order valence-electron chi connectivity index (χ0n) is 20.2. The molecule has 2 saturated heterocycles. The quantitative estimate of drug-likeness (QED) is 0.644. The molecule has 0 amide bonds. The molecular weight excluding hydrogens is 400 g/mol. The van der Waals surface area contributed by atoms with E-state index in [1.54, 1.807) is 0 Å². The van der Waals surface area contributed by atoms with E-state index in [-0.39, 0.29) is 6.04 Å². The van der Waals surface area contributed by atoms with Crippen molar-refractivity contribution < 1.29 is 0 Å². The van der Waals surface area contributed by atoms with E-state index < -0.39 is 0 Å². The van der Waals surface area contributed by atoms with Gasteiger partial charge in [-0.05, 0) is 40.1 Å². The first kappa shape index (κ1) is 23.2. The fourth-order valence-electron chi connectivity index (χ4n) is 4.63. The first-order chi connectivity index (χ1) is 15.5. The van der Waals surface area contributed by atoms with Crippen molar-refractivity contribution in [3.05, 3.63) is 24.3 Å². The molecule has 0 bridgehead atoms. The molecule has 0 saturated carbocycles. The van der Waals surface area contributed by atoms with Crippen LogP contribution >= 0.6 is 0 Å². The molecule has 0 spiro atoms. The van der Waals surface area contributed by atoms with E-state index in [0.29, 0.717) is 12.0 Å². The van der Waals surface area contributed by atoms with Crippen LogP contribution in [0.1, 0.15) is 13.8 Å². The van der Waals surface area contributed by atoms with Crippen LogP contribution < -0.4 is 10.6 Å². The van der Waals surface area contributed by atoms with Crippen molar-refractivity contribution in [2.24, 2.45) is 0 Å². The Morgan fingerprint density at radius 1 is 0.750 bits per heavy atom. The Kier molecular flexibility index (Phi) is 7.78. The zero-order chi connectivity index (χ0) is 22.5. The number of nitrogens with one attached hydrogen (secondary N) is 2. The number of nitrogens with zero attached hydrogens (tertiary/aromatic N) is 6. The van der Waals surface area contributed by atoms with Gasteiger partial charge in [0.25, 0.3) is 0 Å². The summed E-state index contributed by atoms with van der Waals surface area (Å²) >= 11 is 0. The largest absolute Gasteiger partial charge is 0.366 e. The van der Waals surface area contributed by atoms with Crippen molar-refractivity contribution in [3.63, 3.8) is 0 Å². The molecule has 1 aromatic heterocycles. The van der Waals surface area contributed by atoms with Gasteiger partial charge in [0.05, 0.1) is 5.52 Å². The topological polar surface area (TPSA) is 62.8 Å². The maximum atomic E-state index is 4.90. The summed E-state index contributed by atoms with van der Waals surface area (Å²) in [5, 5.41) is 8.32. The zero-order valence-corrected chi connectivity index (χ0v) is 20.2. The summed E-state index contributed by atoms with van der Waals surface area (Å²) < 4.78 is 0. The average Bonchev–Trinajstić information content (AvgIpc) is 2.77. The van der Waals surface area contributed by atoms with Crippen LogP contribution in [0.2, 0.25) is 0 Å². The molecule has 8 nitrogen and oxygen atoms in total. The van der Waals surface area contributed by atoms with Gasteiger partial charge in [0.15, 0.2) is 0 Å². The van der Waals surface area contributed by atoms with Crippen molar-refractivity contribution >= 4 is 22.7 Å². The van der Waals surface area contributed by atoms with E-state index >= 15 is 0 Å². The lowest BCUT2D eigenvalue weighted by Crippen LogP contribution is -2.47. The third-order valence-corrected chi connectivity index (χ3v) is 6.62. The number of hydrogen-bond donors (Lipinski definition) is 2. The highest BCUT2D eigenvalue weighted by atomic mass is 15.3. The van der Waals surface area contributed by atoms with Gasteiger partial charge < -0.3 is 20.4 Å². The number of anilines is 2. The van der Waals surface area contributed by atoms with Gasteiger partial charge in [0, 0.05) is 82.9 Å². The van der Waals surface area contributed by atoms with Crippen LogP contribution in [-0.2, 0) is 0 Å². The van der Waals surface area contributed by atoms with E-state index in [0.717, 1.165) is 82.2 Å². The predicted octanol–water partition coefficient (Wildman–Crippen LogP) is 1.73. The molecule has 2 aliphatic rings. The molecule has 8 heteroatoms. The maximum absolute atomic E-state index is 4.90. The van der Waals surface area contributed by atoms with Gasteiger partial charge in [0.1, 0.15) is 5.82 Å². The molecule has 1 aromatic carbocycles. The molecule has 2 atom stereocenters. The van der Waals surface area contributed by atoms with Crippen molar-refractivity contribution in [2.45, 2.75) is 25.9 Å². The van der Waals surface area contributed by atoms with Crippen molar-refractivity contribution in [3.8, 4) is 0 Å². The van der Waals surface area contributed by atoms with Crippen LogP contribution in [0.5, 0.6) is 0 Å². The van der Waals surface area contributed by atoms with E-state index in [1.165, 1.54) is 0 Å². The van der Waals surface area contributed by atoms with Crippen molar-refractivity contribution in [2.75, 3.05) is 90.2 Å². The molecular formula is C24H40N8. The van der Waals surface area contributed by atoms with Gasteiger partial charge in [-0.15, -0.1) is 0 Å². The summed E-state index contributed by atoms with van der Waals surface area (Å²) in [5.41, 5.74) is 0.978. The van der Waals surface area contributed by atoms with Crippen LogP contribution in [0.25, 0.3) is 10.9 Å². The Bertz CT molecular complexity index is 858. The van der Waals surface area contributed by atoms with E-state index in [9.17, 15) is 0 Å². The van der Waals surface area contributed by atoms with Gasteiger partial charge in [-0.25, -0.2) is 4.98 Å². The Hall–Kier alpha value is -2.00. The van der Waals surface area contributed by atoms with Gasteiger partial charge >= 0.3 is 0 Å². The number of para-hydroxylation sites is 1. The SMILES string of the molecule is CC(CN1CCN(C)CC1)Nc1nc(NC(C)CN2CCN(C)CC2)c2ccccc2n1. The lowest BCUT2D eigenvalue weighted by atomic mass is 10.2.